The topological polar surface area (TPSA) is 64.6 Å². The number of ether oxygens (including phenoxy) is 2. The predicted molar refractivity (Wildman–Crippen MR) is 84.3 cm³/mol. The molecule has 2 aromatic rings. The standard InChI is InChI=1S/C16H12F3NO4S/c1-23-15(22)14(21)20-10-2-6-12(7-3-10)25-13-8-4-11(5-9-13)24-16(17,18)19/h2-9H,1H3,(H,20,21). The zero-order valence-corrected chi connectivity index (χ0v) is 13.6. The maximum atomic E-state index is 12.1. The molecule has 2 rings (SSSR count). The van der Waals surface area contributed by atoms with Crippen LogP contribution in [0.5, 0.6) is 5.75 Å². The number of halogens is 3. The summed E-state index contributed by atoms with van der Waals surface area (Å²) in [6.45, 7) is 0. The maximum Gasteiger partial charge on any atom is 0.573 e. The van der Waals surface area contributed by atoms with E-state index in [0.29, 0.717) is 10.6 Å². The van der Waals surface area contributed by atoms with Crippen LogP contribution in [0.3, 0.4) is 0 Å². The van der Waals surface area contributed by atoms with Crippen molar-refractivity contribution in [3.05, 3.63) is 48.5 Å². The summed E-state index contributed by atoms with van der Waals surface area (Å²) in [5, 5.41) is 2.37. The Balaban J connectivity index is 1.97. The van der Waals surface area contributed by atoms with Gasteiger partial charge in [0.15, 0.2) is 0 Å². The lowest BCUT2D eigenvalue weighted by Crippen LogP contribution is -2.23. The first-order valence-corrected chi connectivity index (χ1v) is 7.61. The largest absolute Gasteiger partial charge is 0.573 e. The third-order valence-corrected chi connectivity index (χ3v) is 3.79. The van der Waals surface area contributed by atoms with Crippen LogP contribution in [-0.4, -0.2) is 25.3 Å². The van der Waals surface area contributed by atoms with Crippen molar-refractivity contribution in [2.75, 3.05) is 12.4 Å². The van der Waals surface area contributed by atoms with Crippen LogP contribution in [0, 0.1) is 0 Å². The quantitative estimate of drug-likeness (QED) is 0.653. The third kappa shape index (κ3) is 6.03. The van der Waals surface area contributed by atoms with E-state index in [4.69, 9.17) is 0 Å². The summed E-state index contributed by atoms with van der Waals surface area (Å²) >= 11 is 1.31. The van der Waals surface area contributed by atoms with Crippen LogP contribution in [0.4, 0.5) is 18.9 Å². The molecule has 0 aliphatic carbocycles. The number of nitrogens with one attached hydrogen (secondary N) is 1. The highest BCUT2D eigenvalue weighted by molar-refractivity contribution is 7.99. The van der Waals surface area contributed by atoms with Gasteiger partial charge in [-0.05, 0) is 48.5 Å². The van der Waals surface area contributed by atoms with Crippen LogP contribution in [0.2, 0.25) is 0 Å². The monoisotopic (exact) mass is 371 g/mol. The Morgan fingerprint density at radius 2 is 1.48 bits per heavy atom. The van der Waals surface area contributed by atoms with Crippen molar-refractivity contribution in [3.8, 4) is 5.75 Å². The van der Waals surface area contributed by atoms with Crippen molar-refractivity contribution in [1.29, 1.82) is 0 Å². The molecule has 0 saturated carbocycles. The summed E-state index contributed by atoms with van der Waals surface area (Å²) in [6, 6.07) is 12.0. The normalized spacial score (nSPS) is 10.9. The van der Waals surface area contributed by atoms with E-state index >= 15 is 0 Å². The SMILES string of the molecule is COC(=O)C(=O)Nc1ccc(Sc2ccc(OC(F)(F)F)cc2)cc1. The molecule has 132 valence electrons. The number of anilines is 1. The molecule has 0 bridgehead atoms. The highest BCUT2D eigenvalue weighted by atomic mass is 32.2. The van der Waals surface area contributed by atoms with Crippen molar-refractivity contribution in [3.63, 3.8) is 0 Å². The van der Waals surface area contributed by atoms with Gasteiger partial charge in [-0.3, -0.25) is 4.79 Å². The Hall–Kier alpha value is -2.68. The minimum Gasteiger partial charge on any atom is -0.462 e. The highest BCUT2D eigenvalue weighted by Gasteiger charge is 2.30. The van der Waals surface area contributed by atoms with E-state index in [2.05, 4.69) is 14.8 Å². The Morgan fingerprint density at radius 1 is 0.960 bits per heavy atom. The molecule has 9 heteroatoms. The van der Waals surface area contributed by atoms with Crippen LogP contribution in [0.1, 0.15) is 0 Å². The average molecular weight is 371 g/mol. The lowest BCUT2D eigenvalue weighted by Gasteiger charge is -2.09. The molecule has 0 fully saturated rings. The molecule has 2 aromatic carbocycles. The van der Waals surface area contributed by atoms with Crippen molar-refractivity contribution in [1.82, 2.24) is 0 Å². The molecular formula is C16H12F3NO4S. The van der Waals surface area contributed by atoms with Crippen molar-refractivity contribution in [2.45, 2.75) is 16.2 Å². The van der Waals surface area contributed by atoms with Gasteiger partial charge in [-0.15, -0.1) is 13.2 Å². The summed E-state index contributed by atoms with van der Waals surface area (Å²) in [5.41, 5.74) is 0.411. The van der Waals surface area contributed by atoms with E-state index in [1.165, 1.54) is 36.0 Å². The molecule has 0 spiro atoms. The van der Waals surface area contributed by atoms with Gasteiger partial charge in [0.1, 0.15) is 5.75 Å². The van der Waals surface area contributed by atoms with Crippen molar-refractivity contribution in [2.24, 2.45) is 0 Å². The number of esters is 1. The Morgan fingerprint density at radius 3 is 1.96 bits per heavy atom. The number of hydrogen-bond acceptors (Lipinski definition) is 5. The summed E-state index contributed by atoms with van der Waals surface area (Å²) in [4.78, 5) is 23.9. The third-order valence-electron chi connectivity index (χ3n) is 2.78. The van der Waals surface area contributed by atoms with Gasteiger partial charge in [-0.1, -0.05) is 11.8 Å². The van der Waals surface area contributed by atoms with Crippen LogP contribution in [-0.2, 0) is 14.3 Å². The number of hydrogen-bond donors (Lipinski definition) is 1. The second-order valence-electron chi connectivity index (χ2n) is 4.59. The summed E-state index contributed by atoms with van der Waals surface area (Å²) in [6.07, 6.45) is -4.72. The minimum atomic E-state index is -4.72. The van der Waals surface area contributed by atoms with Crippen LogP contribution < -0.4 is 10.1 Å². The molecule has 0 heterocycles. The van der Waals surface area contributed by atoms with Gasteiger partial charge in [0.05, 0.1) is 7.11 Å². The number of carbonyl (C=O) groups is 2. The number of methoxy groups -OCH3 is 1. The summed E-state index contributed by atoms with van der Waals surface area (Å²) in [7, 11) is 1.10. The Labute approximate surface area is 145 Å². The first-order valence-electron chi connectivity index (χ1n) is 6.80. The maximum absolute atomic E-state index is 12.1. The van der Waals surface area contributed by atoms with Gasteiger partial charge < -0.3 is 14.8 Å². The van der Waals surface area contributed by atoms with Gasteiger partial charge in [-0.25, -0.2) is 4.79 Å². The molecule has 0 aromatic heterocycles. The number of benzene rings is 2. The fourth-order valence-electron chi connectivity index (χ4n) is 1.73. The van der Waals surface area contributed by atoms with E-state index < -0.39 is 18.2 Å². The summed E-state index contributed by atoms with van der Waals surface area (Å²) < 4.78 is 44.4. The van der Waals surface area contributed by atoms with E-state index in [-0.39, 0.29) is 5.75 Å². The lowest BCUT2D eigenvalue weighted by atomic mass is 10.3. The minimum absolute atomic E-state index is 0.294. The first kappa shape index (κ1) is 18.7. The molecule has 0 aliphatic rings. The molecule has 1 N–H and O–H groups in total. The molecule has 0 unspecified atom stereocenters. The smallest absolute Gasteiger partial charge is 0.462 e. The zero-order valence-electron chi connectivity index (χ0n) is 12.8. The second-order valence-corrected chi connectivity index (χ2v) is 5.74. The molecule has 0 radical (unpaired) electrons. The molecule has 0 atom stereocenters. The molecule has 5 nitrogen and oxygen atoms in total. The van der Waals surface area contributed by atoms with Crippen molar-refractivity contribution < 1.29 is 32.2 Å². The molecule has 25 heavy (non-hydrogen) atoms. The number of rotatable bonds is 4. The fraction of sp³-hybridized carbons (Fsp3) is 0.125. The number of carbonyl (C=O) groups excluding carboxylic acids is 2. The zero-order chi connectivity index (χ0) is 18.4. The van der Waals surface area contributed by atoms with Gasteiger partial charge in [0.25, 0.3) is 0 Å². The molecule has 1 amide bonds. The van der Waals surface area contributed by atoms with E-state index in [1.807, 2.05) is 0 Å². The van der Waals surface area contributed by atoms with Gasteiger partial charge in [-0.2, -0.15) is 0 Å². The van der Waals surface area contributed by atoms with Gasteiger partial charge in [0.2, 0.25) is 0 Å². The van der Waals surface area contributed by atoms with Crippen LogP contribution in [0.25, 0.3) is 0 Å². The predicted octanol–water partition coefficient (Wildman–Crippen LogP) is 3.85. The van der Waals surface area contributed by atoms with Crippen LogP contribution >= 0.6 is 11.8 Å². The van der Waals surface area contributed by atoms with E-state index in [9.17, 15) is 22.8 Å². The number of amides is 1. The van der Waals surface area contributed by atoms with Crippen molar-refractivity contribution >= 4 is 29.3 Å². The summed E-state index contributed by atoms with van der Waals surface area (Å²) in [5.74, 6) is -2.18. The molecule has 0 saturated heterocycles. The number of alkyl halides is 3. The second kappa shape index (κ2) is 7.93. The van der Waals surface area contributed by atoms with E-state index in [0.717, 1.165) is 12.0 Å². The Kier molecular flexibility index (Phi) is 5.92. The fourth-order valence-corrected chi connectivity index (χ4v) is 2.54. The molecule has 0 aliphatic heterocycles. The highest BCUT2D eigenvalue weighted by Crippen LogP contribution is 2.31. The lowest BCUT2D eigenvalue weighted by molar-refractivity contribution is -0.274. The average Bonchev–Trinajstić information content (AvgIpc) is 2.56. The van der Waals surface area contributed by atoms with E-state index in [1.54, 1.807) is 24.3 Å². The van der Waals surface area contributed by atoms with Crippen LogP contribution in [0.15, 0.2) is 58.3 Å². The van der Waals surface area contributed by atoms with Gasteiger partial charge >= 0.3 is 18.2 Å². The van der Waals surface area contributed by atoms with Gasteiger partial charge in [0, 0.05) is 15.5 Å². The Bertz CT molecular complexity index is 745. The molecular weight excluding hydrogens is 359 g/mol. The first-order chi connectivity index (χ1) is 11.8.